The van der Waals surface area contributed by atoms with E-state index in [0.29, 0.717) is 18.5 Å². The minimum absolute atomic E-state index is 0.549. The summed E-state index contributed by atoms with van der Waals surface area (Å²) in [5.41, 5.74) is 6.27. The Hall–Kier alpha value is -1.51. The van der Waals surface area contributed by atoms with Gasteiger partial charge in [-0.3, -0.25) is 4.79 Å². The van der Waals surface area contributed by atoms with Crippen molar-refractivity contribution in [1.82, 2.24) is 0 Å². The Balaban J connectivity index is 3.33. The van der Waals surface area contributed by atoms with E-state index in [0.717, 1.165) is 5.56 Å². The molecule has 15 heavy (non-hydrogen) atoms. The molecule has 0 saturated carbocycles. The Morgan fingerprint density at radius 2 is 1.87 bits per heavy atom. The van der Waals surface area contributed by atoms with Gasteiger partial charge in [-0.1, -0.05) is 32.0 Å². The van der Waals surface area contributed by atoms with Crippen LogP contribution in [0, 0.1) is 0 Å². The molecule has 3 N–H and O–H groups in total. The van der Waals surface area contributed by atoms with Crippen LogP contribution in [0.1, 0.15) is 32.3 Å². The minimum Gasteiger partial charge on any atom is -0.481 e. The second-order valence-electron chi connectivity index (χ2n) is 3.68. The van der Waals surface area contributed by atoms with Gasteiger partial charge in [0.05, 0.1) is 5.41 Å². The molecule has 0 fully saturated rings. The largest absolute Gasteiger partial charge is 0.481 e. The topological polar surface area (TPSA) is 63.3 Å². The zero-order chi connectivity index (χ0) is 11.5. The van der Waals surface area contributed by atoms with E-state index in [1.165, 1.54) is 0 Å². The van der Waals surface area contributed by atoms with Crippen LogP contribution in [0.25, 0.3) is 0 Å². The molecule has 0 aliphatic rings. The molecular weight excluding hydrogens is 190 g/mol. The number of nitrogen functional groups attached to an aromatic ring is 1. The molecule has 0 aliphatic carbocycles. The van der Waals surface area contributed by atoms with Gasteiger partial charge in [-0.2, -0.15) is 0 Å². The van der Waals surface area contributed by atoms with Gasteiger partial charge in [0.1, 0.15) is 0 Å². The standard InChI is InChI=1S/C12H17NO2/c1-3-12(4-2,11(14)15)9-7-5-6-8-10(9)13/h5-8H,3-4,13H2,1-2H3,(H,14,15). The van der Waals surface area contributed by atoms with Gasteiger partial charge in [0.2, 0.25) is 0 Å². The fourth-order valence-corrected chi connectivity index (χ4v) is 1.98. The number of para-hydroxylation sites is 1. The lowest BCUT2D eigenvalue weighted by molar-refractivity contribution is -0.144. The summed E-state index contributed by atoms with van der Waals surface area (Å²) >= 11 is 0. The van der Waals surface area contributed by atoms with Crippen LogP contribution < -0.4 is 5.73 Å². The van der Waals surface area contributed by atoms with Crippen molar-refractivity contribution in [3.63, 3.8) is 0 Å². The van der Waals surface area contributed by atoms with Crippen LogP contribution in [0.2, 0.25) is 0 Å². The average molecular weight is 207 g/mol. The monoisotopic (exact) mass is 207 g/mol. The fraction of sp³-hybridized carbons (Fsp3) is 0.417. The normalized spacial score (nSPS) is 11.3. The summed E-state index contributed by atoms with van der Waals surface area (Å²) < 4.78 is 0. The van der Waals surface area contributed by atoms with Gasteiger partial charge in [0.25, 0.3) is 0 Å². The smallest absolute Gasteiger partial charge is 0.314 e. The lowest BCUT2D eigenvalue weighted by Gasteiger charge is -2.28. The highest BCUT2D eigenvalue weighted by Crippen LogP contribution is 2.35. The number of rotatable bonds is 4. The Morgan fingerprint density at radius 1 is 1.33 bits per heavy atom. The van der Waals surface area contributed by atoms with Crippen molar-refractivity contribution in [3.8, 4) is 0 Å². The van der Waals surface area contributed by atoms with Crippen molar-refractivity contribution in [1.29, 1.82) is 0 Å². The first-order valence-electron chi connectivity index (χ1n) is 5.17. The van der Waals surface area contributed by atoms with Crippen molar-refractivity contribution in [2.75, 3.05) is 5.73 Å². The maximum atomic E-state index is 11.4. The zero-order valence-electron chi connectivity index (χ0n) is 9.16. The maximum Gasteiger partial charge on any atom is 0.314 e. The molecule has 1 aromatic carbocycles. The van der Waals surface area contributed by atoms with Crippen LogP contribution in [0.15, 0.2) is 24.3 Å². The van der Waals surface area contributed by atoms with E-state index in [2.05, 4.69) is 0 Å². The molecule has 1 aromatic rings. The number of anilines is 1. The number of carboxylic acids is 1. The first kappa shape index (κ1) is 11.6. The van der Waals surface area contributed by atoms with E-state index in [9.17, 15) is 9.90 Å². The van der Waals surface area contributed by atoms with Crippen molar-refractivity contribution in [2.45, 2.75) is 32.1 Å². The van der Waals surface area contributed by atoms with E-state index in [-0.39, 0.29) is 0 Å². The summed E-state index contributed by atoms with van der Waals surface area (Å²) in [6.07, 6.45) is 1.10. The van der Waals surface area contributed by atoms with Crippen molar-refractivity contribution in [2.24, 2.45) is 0 Å². The third-order valence-electron chi connectivity index (χ3n) is 3.09. The zero-order valence-corrected chi connectivity index (χ0v) is 9.16. The fourth-order valence-electron chi connectivity index (χ4n) is 1.98. The number of nitrogens with two attached hydrogens (primary N) is 1. The Labute approximate surface area is 89.9 Å². The lowest BCUT2D eigenvalue weighted by Crippen LogP contribution is -2.35. The summed E-state index contributed by atoms with van der Waals surface area (Å²) in [5, 5.41) is 9.35. The number of carbonyl (C=O) groups is 1. The highest BCUT2D eigenvalue weighted by Gasteiger charge is 2.37. The second kappa shape index (κ2) is 4.34. The summed E-state index contributed by atoms with van der Waals surface area (Å²) in [5.74, 6) is -0.801. The molecular formula is C12H17NO2. The molecule has 0 radical (unpaired) electrons. The van der Waals surface area contributed by atoms with Gasteiger partial charge in [-0.15, -0.1) is 0 Å². The van der Waals surface area contributed by atoms with Crippen LogP contribution >= 0.6 is 0 Å². The highest BCUT2D eigenvalue weighted by atomic mass is 16.4. The molecule has 0 aliphatic heterocycles. The van der Waals surface area contributed by atoms with Gasteiger partial charge >= 0.3 is 5.97 Å². The number of hydrogen-bond donors (Lipinski definition) is 2. The summed E-state index contributed by atoms with van der Waals surface area (Å²) in [6, 6.07) is 7.19. The lowest BCUT2D eigenvalue weighted by atomic mass is 9.75. The Kier molecular flexibility index (Phi) is 3.35. The van der Waals surface area contributed by atoms with Crippen molar-refractivity contribution >= 4 is 11.7 Å². The molecule has 0 heterocycles. The molecule has 0 saturated heterocycles. The first-order valence-corrected chi connectivity index (χ1v) is 5.17. The Morgan fingerprint density at radius 3 is 2.27 bits per heavy atom. The van der Waals surface area contributed by atoms with Crippen LogP contribution in [-0.2, 0) is 10.2 Å². The van der Waals surface area contributed by atoms with Gasteiger partial charge in [0.15, 0.2) is 0 Å². The van der Waals surface area contributed by atoms with E-state index in [1.54, 1.807) is 12.1 Å². The predicted octanol–water partition coefficient (Wildman–Crippen LogP) is 2.41. The van der Waals surface area contributed by atoms with Gasteiger partial charge < -0.3 is 10.8 Å². The van der Waals surface area contributed by atoms with Crippen LogP contribution in [-0.4, -0.2) is 11.1 Å². The molecule has 0 spiro atoms. The Bertz CT molecular complexity index is 356. The molecule has 0 atom stereocenters. The molecule has 0 amide bonds. The summed E-state index contributed by atoms with van der Waals surface area (Å²) in [7, 11) is 0. The van der Waals surface area contributed by atoms with E-state index < -0.39 is 11.4 Å². The highest BCUT2D eigenvalue weighted by molar-refractivity contribution is 5.83. The summed E-state index contributed by atoms with van der Waals surface area (Å²) in [4.78, 5) is 11.4. The molecule has 0 bridgehead atoms. The number of hydrogen-bond acceptors (Lipinski definition) is 2. The van der Waals surface area contributed by atoms with Crippen LogP contribution in [0.4, 0.5) is 5.69 Å². The predicted molar refractivity (Wildman–Crippen MR) is 60.8 cm³/mol. The van der Waals surface area contributed by atoms with Crippen molar-refractivity contribution in [3.05, 3.63) is 29.8 Å². The molecule has 3 heteroatoms. The van der Waals surface area contributed by atoms with E-state index >= 15 is 0 Å². The third kappa shape index (κ3) is 1.82. The minimum atomic E-state index is -0.842. The quantitative estimate of drug-likeness (QED) is 0.745. The summed E-state index contributed by atoms with van der Waals surface area (Å²) in [6.45, 7) is 3.76. The molecule has 1 rings (SSSR count). The molecule has 0 aromatic heterocycles. The molecule has 0 unspecified atom stereocenters. The molecule has 3 nitrogen and oxygen atoms in total. The maximum absolute atomic E-state index is 11.4. The first-order chi connectivity index (χ1) is 7.08. The number of benzene rings is 1. The second-order valence-corrected chi connectivity index (χ2v) is 3.68. The van der Waals surface area contributed by atoms with Gasteiger partial charge in [0, 0.05) is 5.69 Å². The van der Waals surface area contributed by atoms with Crippen LogP contribution in [0.3, 0.4) is 0 Å². The number of aliphatic carboxylic acids is 1. The van der Waals surface area contributed by atoms with E-state index in [1.807, 2.05) is 26.0 Å². The van der Waals surface area contributed by atoms with Gasteiger partial charge in [-0.05, 0) is 24.5 Å². The molecule has 82 valence electrons. The average Bonchev–Trinajstić information content (AvgIpc) is 2.22. The SMILES string of the molecule is CCC(CC)(C(=O)O)c1ccccc1N. The van der Waals surface area contributed by atoms with Crippen LogP contribution in [0.5, 0.6) is 0 Å². The third-order valence-corrected chi connectivity index (χ3v) is 3.09. The van der Waals surface area contributed by atoms with Crippen molar-refractivity contribution < 1.29 is 9.90 Å². The van der Waals surface area contributed by atoms with Gasteiger partial charge in [-0.25, -0.2) is 0 Å². The number of carboxylic acid groups (broad SMARTS) is 1. The van der Waals surface area contributed by atoms with E-state index in [4.69, 9.17) is 5.73 Å².